The summed E-state index contributed by atoms with van der Waals surface area (Å²) < 4.78 is 30.8. The molecule has 0 spiro atoms. The van der Waals surface area contributed by atoms with Gasteiger partial charge in [0.2, 0.25) is 5.88 Å². The Labute approximate surface area is 211 Å². The van der Waals surface area contributed by atoms with E-state index in [1.54, 1.807) is 40.0 Å². The Morgan fingerprint density at radius 1 is 1.19 bits per heavy atom. The van der Waals surface area contributed by atoms with E-state index in [4.69, 9.17) is 19.9 Å². The zero-order valence-corrected chi connectivity index (χ0v) is 21.7. The number of methoxy groups -OCH3 is 1. The topological polar surface area (TPSA) is 138 Å². The Balaban J connectivity index is 2.25. The number of primary amides is 1. The van der Waals surface area contributed by atoms with E-state index in [-0.39, 0.29) is 41.5 Å². The molecule has 0 aromatic carbocycles. The molecule has 0 aliphatic heterocycles. The summed E-state index contributed by atoms with van der Waals surface area (Å²) in [6.45, 7) is 9.90. The zero-order chi connectivity index (χ0) is 26.9. The first-order valence-electron chi connectivity index (χ1n) is 11.8. The van der Waals surface area contributed by atoms with Gasteiger partial charge in [0.15, 0.2) is 11.6 Å². The molecule has 2 atom stereocenters. The summed E-state index contributed by atoms with van der Waals surface area (Å²) >= 11 is 0. The number of esters is 1. The summed E-state index contributed by atoms with van der Waals surface area (Å²) in [5, 5.41) is 6.05. The lowest BCUT2D eigenvalue weighted by Gasteiger charge is -2.26. The molecule has 36 heavy (non-hydrogen) atoms. The fourth-order valence-corrected chi connectivity index (χ4v) is 3.42. The van der Waals surface area contributed by atoms with Crippen molar-refractivity contribution in [3.8, 4) is 5.88 Å². The third kappa shape index (κ3) is 8.95. The maximum atomic E-state index is 14.9. The zero-order valence-electron chi connectivity index (χ0n) is 21.7. The minimum Gasteiger partial charge on any atom is -0.475 e. The molecule has 2 aromatic rings. The Morgan fingerprint density at radius 3 is 2.53 bits per heavy atom. The van der Waals surface area contributed by atoms with Crippen LogP contribution in [0.25, 0.3) is 0 Å². The van der Waals surface area contributed by atoms with Gasteiger partial charge in [0, 0.05) is 31.1 Å². The van der Waals surface area contributed by atoms with Crippen LogP contribution in [0.3, 0.4) is 0 Å². The lowest BCUT2D eigenvalue weighted by molar-refractivity contribution is -0.155. The van der Waals surface area contributed by atoms with Crippen LogP contribution in [0, 0.1) is 11.7 Å². The molecule has 0 aliphatic rings. The van der Waals surface area contributed by atoms with E-state index in [1.165, 1.54) is 6.20 Å². The standard InChI is InChI=1S/C25H36FN5O5/c1-7-19(15(2)12-21(32)36-25(3,4)5)30-24-18(26)14-17(22(27)33)23(31-24)29-16-8-9-28-20(13-16)35-11-10-34-6/h8-9,13-15,19H,7,10-12H2,1-6H3,(H2,27,33)(H2,28,29,30,31)/t15-,19-/m1/s1. The number of ether oxygens (including phenoxy) is 3. The molecule has 0 radical (unpaired) electrons. The second-order valence-electron chi connectivity index (χ2n) is 9.36. The summed E-state index contributed by atoms with van der Waals surface area (Å²) in [4.78, 5) is 32.7. The van der Waals surface area contributed by atoms with Gasteiger partial charge >= 0.3 is 5.97 Å². The number of halogens is 1. The van der Waals surface area contributed by atoms with Crippen molar-refractivity contribution in [1.82, 2.24) is 9.97 Å². The molecule has 0 fully saturated rings. The first-order chi connectivity index (χ1) is 16.9. The van der Waals surface area contributed by atoms with Gasteiger partial charge in [-0.1, -0.05) is 13.8 Å². The van der Waals surface area contributed by atoms with Crippen molar-refractivity contribution >= 4 is 29.2 Å². The number of amides is 1. The molecule has 0 bridgehead atoms. The van der Waals surface area contributed by atoms with Crippen LogP contribution < -0.4 is 21.1 Å². The SMILES string of the molecule is CC[C@@H](Nc1nc(Nc2ccnc(OCCOC)c2)c(C(N)=O)cc1F)[C@H](C)CC(=O)OC(C)(C)C. The predicted octanol–water partition coefficient (Wildman–Crippen LogP) is 4.04. The fourth-order valence-electron chi connectivity index (χ4n) is 3.42. The second kappa shape index (κ2) is 13.0. The average molecular weight is 506 g/mol. The molecular weight excluding hydrogens is 469 g/mol. The van der Waals surface area contributed by atoms with Crippen LogP contribution >= 0.6 is 0 Å². The Bertz CT molecular complexity index is 1040. The number of nitrogens with one attached hydrogen (secondary N) is 2. The van der Waals surface area contributed by atoms with Gasteiger partial charge in [-0.25, -0.2) is 14.4 Å². The summed E-state index contributed by atoms with van der Waals surface area (Å²) in [7, 11) is 1.56. The number of nitrogens with zero attached hydrogens (tertiary/aromatic N) is 2. The molecule has 0 unspecified atom stereocenters. The Hall–Kier alpha value is -3.47. The van der Waals surface area contributed by atoms with E-state index in [9.17, 15) is 14.0 Å². The first-order valence-corrected chi connectivity index (χ1v) is 11.8. The number of rotatable bonds is 13. The van der Waals surface area contributed by atoms with E-state index < -0.39 is 17.3 Å². The van der Waals surface area contributed by atoms with E-state index in [0.29, 0.717) is 31.2 Å². The molecule has 4 N–H and O–H groups in total. The highest BCUT2D eigenvalue weighted by molar-refractivity contribution is 5.98. The van der Waals surface area contributed by atoms with Crippen molar-refractivity contribution < 1.29 is 28.2 Å². The number of nitrogens with two attached hydrogens (primary N) is 1. The Kier molecular flexibility index (Phi) is 10.4. The molecule has 11 heteroatoms. The molecule has 0 saturated heterocycles. The molecule has 10 nitrogen and oxygen atoms in total. The van der Waals surface area contributed by atoms with E-state index >= 15 is 0 Å². The predicted molar refractivity (Wildman–Crippen MR) is 135 cm³/mol. The normalized spacial score (nSPS) is 13.0. The molecule has 2 rings (SSSR count). The summed E-state index contributed by atoms with van der Waals surface area (Å²) in [5.74, 6) is -1.77. The molecule has 2 heterocycles. The second-order valence-corrected chi connectivity index (χ2v) is 9.36. The van der Waals surface area contributed by atoms with Crippen LogP contribution in [0.15, 0.2) is 24.4 Å². The number of carbonyl (C=O) groups excluding carboxylic acids is 2. The number of pyridine rings is 2. The van der Waals surface area contributed by atoms with Gasteiger partial charge in [-0.05, 0) is 45.2 Å². The van der Waals surface area contributed by atoms with Crippen LogP contribution in [0.2, 0.25) is 0 Å². The Morgan fingerprint density at radius 2 is 1.92 bits per heavy atom. The molecule has 0 saturated carbocycles. The quantitative estimate of drug-likeness (QED) is 0.272. The minimum atomic E-state index is -0.841. The highest BCUT2D eigenvalue weighted by Gasteiger charge is 2.25. The maximum absolute atomic E-state index is 14.9. The summed E-state index contributed by atoms with van der Waals surface area (Å²) in [6.07, 6.45) is 2.26. The van der Waals surface area contributed by atoms with E-state index in [1.807, 2.05) is 13.8 Å². The van der Waals surface area contributed by atoms with Crippen molar-refractivity contribution in [3.05, 3.63) is 35.8 Å². The van der Waals surface area contributed by atoms with Gasteiger partial charge in [-0.2, -0.15) is 0 Å². The number of hydrogen-bond acceptors (Lipinski definition) is 9. The third-order valence-electron chi connectivity index (χ3n) is 5.13. The third-order valence-corrected chi connectivity index (χ3v) is 5.13. The van der Waals surface area contributed by atoms with Gasteiger partial charge in [-0.3, -0.25) is 9.59 Å². The number of aromatic nitrogens is 2. The fraction of sp³-hybridized carbons (Fsp3) is 0.520. The van der Waals surface area contributed by atoms with Gasteiger partial charge in [0.1, 0.15) is 18.0 Å². The lowest BCUT2D eigenvalue weighted by atomic mass is 9.96. The van der Waals surface area contributed by atoms with E-state index in [2.05, 4.69) is 20.6 Å². The molecule has 2 aromatic heterocycles. The number of anilines is 3. The smallest absolute Gasteiger partial charge is 0.306 e. The van der Waals surface area contributed by atoms with Crippen molar-refractivity contribution in [2.24, 2.45) is 11.7 Å². The van der Waals surface area contributed by atoms with Crippen LogP contribution in [0.5, 0.6) is 5.88 Å². The molecular formula is C25H36FN5O5. The van der Waals surface area contributed by atoms with Crippen LogP contribution in [-0.2, 0) is 14.3 Å². The summed E-state index contributed by atoms with van der Waals surface area (Å²) in [6, 6.07) is 4.00. The van der Waals surface area contributed by atoms with Crippen molar-refractivity contribution in [1.29, 1.82) is 0 Å². The molecule has 1 amide bonds. The van der Waals surface area contributed by atoms with Crippen molar-refractivity contribution in [3.63, 3.8) is 0 Å². The first kappa shape index (κ1) is 28.8. The maximum Gasteiger partial charge on any atom is 0.306 e. The number of carbonyl (C=O) groups is 2. The van der Waals surface area contributed by atoms with Gasteiger partial charge < -0.3 is 30.6 Å². The van der Waals surface area contributed by atoms with Crippen molar-refractivity contribution in [2.75, 3.05) is 31.0 Å². The van der Waals surface area contributed by atoms with E-state index in [0.717, 1.165) is 6.07 Å². The highest BCUT2D eigenvalue weighted by atomic mass is 19.1. The highest BCUT2D eigenvalue weighted by Crippen LogP contribution is 2.27. The van der Waals surface area contributed by atoms with Crippen LogP contribution in [0.4, 0.5) is 21.7 Å². The molecule has 0 aliphatic carbocycles. The lowest BCUT2D eigenvalue weighted by Crippen LogP contribution is -2.32. The monoisotopic (exact) mass is 505 g/mol. The van der Waals surface area contributed by atoms with Crippen molar-refractivity contribution in [2.45, 2.75) is 59.1 Å². The van der Waals surface area contributed by atoms with Gasteiger partial charge in [0.25, 0.3) is 5.91 Å². The number of hydrogen-bond donors (Lipinski definition) is 3. The summed E-state index contributed by atoms with van der Waals surface area (Å²) in [5.41, 5.74) is 5.27. The average Bonchev–Trinajstić information content (AvgIpc) is 2.78. The van der Waals surface area contributed by atoms with Gasteiger partial charge in [-0.15, -0.1) is 0 Å². The van der Waals surface area contributed by atoms with Gasteiger partial charge in [0.05, 0.1) is 18.6 Å². The van der Waals surface area contributed by atoms with Crippen LogP contribution in [0.1, 0.15) is 57.8 Å². The minimum absolute atomic E-state index is 0.0649. The molecule has 198 valence electrons. The largest absolute Gasteiger partial charge is 0.475 e. The van der Waals surface area contributed by atoms with Crippen LogP contribution in [-0.4, -0.2) is 53.8 Å².